The van der Waals surface area contributed by atoms with Crippen molar-refractivity contribution in [3.63, 3.8) is 0 Å². The number of unbranched alkanes of at least 4 members (excludes halogenated alkanes) is 1. The summed E-state index contributed by atoms with van der Waals surface area (Å²) in [6, 6.07) is 1.94. The third kappa shape index (κ3) is 7.91. The lowest BCUT2D eigenvalue weighted by atomic mass is 9.89. The van der Waals surface area contributed by atoms with Crippen molar-refractivity contribution < 1.29 is 25.2 Å². The molecule has 0 unspecified atom stereocenters. The van der Waals surface area contributed by atoms with Gasteiger partial charge in [-0.1, -0.05) is 35.9 Å². The number of rotatable bonds is 12. The monoisotopic (exact) mass is 456 g/mol. The van der Waals surface area contributed by atoms with E-state index in [0.717, 1.165) is 27.6 Å². The molecule has 1 saturated carbocycles. The summed E-state index contributed by atoms with van der Waals surface area (Å²) in [4.78, 5) is 13.3. The Kier molecular flexibility index (Phi) is 10.7. The molecule has 5 atom stereocenters. The second kappa shape index (κ2) is 12.7. The minimum absolute atomic E-state index is 0.0995. The summed E-state index contributed by atoms with van der Waals surface area (Å²) < 4.78 is 0. The largest absolute Gasteiger partial charge is 0.393 e. The van der Waals surface area contributed by atoms with Crippen LogP contribution in [0.2, 0.25) is 5.02 Å². The van der Waals surface area contributed by atoms with Crippen LogP contribution in [-0.4, -0.2) is 51.1 Å². The van der Waals surface area contributed by atoms with E-state index in [2.05, 4.69) is 0 Å². The minimum atomic E-state index is -0.622. The minimum Gasteiger partial charge on any atom is -0.393 e. The predicted octanol–water partition coefficient (Wildman–Crippen LogP) is 3.60. The molecule has 0 saturated heterocycles. The molecule has 1 aliphatic carbocycles. The Labute approximate surface area is 187 Å². The molecule has 30 heavy (non-hydrogen) atoms. The maximum absolute atomic E-state index is 11.1. The molecule has 0 aliphatic heterocycles. The zero-order chi connectivity index (χ0) is 22.1. The van der Waals surface area contributed by atoms with Gasteiger partial charge in [-0.25, -0.2) is 0 Å². The summed E-state index contributed by atoms with van der Waals surface area (Å²) in [6.07, 6.45) is 9.79. The standard InChI is InChI=1S/C23H33ClO5S/c1-15-21(24)12-18(30-15)10-8-16(26)9-11-20-19(22(28)13-23(20)29)7-5-3-2-4-6-17(27)14-25/h3,5,9,11-12,16,19-20,22-23,25-26,28-29H,2,4,6-8,10,13-14H2,1H3/b5-3?,11-9+/t16-,19-,20-,22+,23-/m1/s1. The highest BCUT2D eigenvalue weighted by molar-refractivity contribution is 7.12. The molecule has 0 radical (unpaired) electrons. The van der Waals surface area contributed by atoms with Gasteiger partial charge in [0.05, 0.1) is 23.3 Å². The second-order valence-corrected chi connectivity index (χ2v) is 9.76. The predicted molar refractivity (Wildman–Crippen MR) is 121 cm³/mol. The van der Waals surface area contributed by atoms with Crippen molar-refractivity contribution >= 4 is 28.7 Å². The van der Waals surface area contributed by atoms with Crippen LogP contribution < -0.4 is 0 Å². The van der Waals surface area contributed by atoms with Gasteiger partial charge < -0.3 is 20.4 Å². The van der Waals surface area contributed by atoms with Crippen molar-refractivity contribution in [2.75, 3.05) is 6.61 Å². The Hall–Kier alpha value is -1.02. The zero-order valence-corrected chi connectivity index (χ0v) is 19.0. The van der Waals surface area contributed by atoms with Gasteiger partial charge >= 0.3 is 0 Å². The van der Waals surface area contributed by atoms with E-state index in [4.69, 9.17) is 16.7 Å². The Balaban J connectivity index is 1.81. The van der Waals surface area contributed by atoms with E-state index in [9.17, 15) is 20.1 Å². The number of Topliss-reactive ketones (excluding diaryl/α,β-unsaturated/α-hetero) is 1. The number of hydrogen-bond donors (Lipinski definition) is 4. The van der Waals surface area contributed by atoms with E-state index in [1.807, 2.05) is 31.2 Å². The van der Waals surface area contributed by atoms with Crippen LogP contribution in [0.5, 0.6) is 0 Å². The number of thiophene rings is 1. The Morgan fingerprint density at radius 3 is 2.77 bits per heavy atom. The SMILES string of the molecule is Cc1sc(CC[C@@H](O)/C=C/[C@@H]2[C@@H](CC=CCCCC(=O)CO)[C@@H](O)C[C@H]2O)cc1Cl. The summed E-state index contributed by atoms with van der Waals surface area (Å²) in [5, 5.41) is 40.4. The average Bonchev–Trinajstić information content (AvgIpc) is 3.17. The average molecular weight is 457 g/mol. The van der Waals surface area contributed by atoms with Crippen LogP contribution in [0.4, 0.5) is 0 Å². The summed E-state index contributed by atoms with van der Waals surface area (Å²) in [6.45, 7) is 1.57. The van der Waals surface area contributed by atoms with Gasteiger partial charge in [0, 0.05) is 28.5 Å². The molecule has 168 valence electrons. The van der Waals surface area contributed by atoms with Crippen LogP contribution in [0.3, 0.4) is 0 Å². The molecule has 1 aromatic heterocycles. The van der Waals surface area contributed by atoms with Gasteiger partial charge in [0.25, 0.3) is 0 Å². The number of carbonyl (C=O) groups excluding carboxylic acids is 1. The fraction of sp³-hybridized carbons (Fsp3) is 0.609. The summed E-state index contributed by atoms with van der Waals surface area (Å²) in [5.41, 5.74) is 0. The van der Waals surface area contributed by atoms with Gasteiger partial charge in [-0.3, -0.25) is 4.79 Å². The Bertz CT molecular complexity index is 710. The molecule has 1 fully saturated rings. The molecule has 0 amide bonds. The molecular weight excluding hydrogens is 424 g/mol. The third-order valence-electron chi connectivity index (χ3n) is 5.64. The number of aryl methyl sites for hydroxylation is 2. The topological polar surface area (TPSA) is 98.0 Å². The van der Waals surface area contributed by atoms with Crippen molar-refractivity contribution in [1.82, 2.24) is 0 Å². The van der Waals surface area contributed by atoms with Gasteiger partial charge in [-0.2, -0.15) is 0 Å². The maximum Gasteiger partial charge on any atom is 0.158 e. The third-order valence-corrected chi connectivity index (χ3v) is 7.26. The van der Waals surface area contributed by atoms with E-state index in [1.54, 1.807) is 17.4 Å². The second-order valence-electron chi connectivity index (χ2n) is 8.02. The number of hydrogen-bond acceptors (Lipinski definition) is 6. The van der Waals surface area contributed by atoms with Crippen molar-refractivity contribution in [3.05, 3.63) is 45.1 Å². The summed E-state index contributed by atoms with van der Waals surface area (Å²) in [5.74, 6) is -0.454. The van der Waals surface area contributed by atoms with Gasteiger partial charge in [-0.15, -0.1) is 11.3 Å². The normalized spacial score (nSPS) is 25.5. The zero-order valence-electron chi connectivity index (χ0n) is 17.4. The molecule has 1 aromatic rings. The van der Waals surface area contributed by atoms with Crippen molar-refractivity contribution in [3.8, 4) is 0 Å². The van der Waals surface area contributed by atoms with Crippen LogP contribution in [0.1, 0.15) is 48.3 Å². The first-order valence-electron chi connectivity index (χ1n) is 10.6. The van der Waals surface area contributed by atoms with Crippen LogP contribution in [0.15, 0.2) is 30.4 Å². The number of aliphatic hydroxyl groups excluding tert-OH is 4. The number of allylic oxidation sites excluding steroid dienone is 2. The number of ketones is 1. The van der Waals surface area contributed by atoms with Gasteiger partial charge in [0.1, 0.15) is 6.61 Å². The van der Waals surface area contributed by atoms with Crippen molar-refractivity contribution in [1.29, 1.82) is 0 Å². The first-order chi connectivity index (χ1) is 14.3. The maximum atomic E-state index is 11.1. The fourth-order valence-corrected chi connectivity index (χ4v) is 5.12. The summed E-state index contributed by atoms with van der Waals surface area (Å²) in [7, 11) is 0. The lowest BCUT2D eigenvalue weighted by Gasteiger charge is -2.19. The highest BCUT2D eigenvalue weighted by Crippen LogP contribution is 2.36. The smallest absolute Gasteiger partial charge is 0.158 e. The highest BCUT2D eigenvalue weighted by Gasteiger charge is 2.39. The molecule has 0 bridgehead atoms. The summed E-state index contributed by atoms with van der Waals surface area (Å²) >= 11 is 7.72. The molecule has 0 aromatic carbocycles. The van der Waals surface area contributed by atoms with Gasteiger partial charge in [0.2, 0.25) is 0 Å². The van der Waals surface area contributed by atoms with E-state index in [-0.39, 0.29) is 17.6 Å². The van der Waals surface area contributed by atoms with E-state index in [1.165, 1.54) is 0 Å². The van der Waals surface area contributed by atoms with Gasteiger partial charge in [-0.05, 0) is 51.0 Å². The fourth-order valence-electron chi connectivity index (χ4n) is 3.86. The van der Waals surface area contributed by atoms with Crippen LogP contribution in [-0.2, 0) is 11.2 Å². The Morgan fingerprint density at radius 1 is 1.33 bits per heavy atom. The molecule has 0 spiro atoms. The number of carbonyl (C=O) groups is 1. The quantitative estimate of drug-likeness (QED) is 0.284. The molecule has 5 nitrogen and oxygen atoms in total. The molecule has 2 rings (SSSR count). The molecule has 1 heterocycles. The first-order valence-corrected chi connectivity index (χ1v) is 11.8. The molecule has 1 aliphatic rings. The number of aliphatic hydroxyl groups is 4. The van der Waals surface area contributed by atoms with E-state index >= 15 is 0 Å². The van der Waals surface area contributed by atoms with Crippen molar-refractivity contribution in [2.24, 2.45) is 11.8 Å². The van der Waals surface area contributed by atoms with Crippen molar-refractivity contribution in [2.45, 2.75) is 70.2 Å². The van der Waals surface area contributed by atoms with Crippen LogP contribution in [0, 0.1) is 18.8 Å². The number of halogens is 1. The molecule has 7 heteroatoms. The van der Waals surface area contributed by atoms with Crippen LogP contribution >= 0.6 is 22.9 Å². The first kappa shape index (κ1) is 25.2. The highest BCUT2D eigenvalue weighted by atomic mass is 35.5. The molecular formula is C23H33ClO5S. The van der Waals surface area contributed by atoms with E-state index < -0.39 is 24.9 Å². The van der Waals surface area contributed by atoms with E-state index in [0.29, 0.717) is 32.1 Å². The lowest BCUT2D eigenvalue weighted by Crippen LogP contribution is -2.20. The van der Waals surface area contributed by atoms with Crippen LogP contribution in [0.25, 0.3) is 0 Å². The Morgan fingerprint density at radius 2 is 2.10 bits per heavy atom. The lowest BCUT2D eigenvalue weighted by molar-refractivity contribution is -0.121. The molecule has 4 N–H and O–H groups in total. The van der Waals surface area contributed by atoms with Gasteiger partial charge in [0.15, 0.2) is 5.78 Å².